The molecule has 1 aliphatic rings. The van der Waals surface area contributed by atoms with Gasteiger partial charge in [0.05, 0.1) is 13.2 Å². The second-order valence-corrected chi connectivity index (χ2v) is 10.4. The van der Waals surface area contributed by atoms with Crippen molar-refractivity contribution >= 4 is 17.5 Å². The molecule has 41 heavy (non-hydrogen) atoms. The van der Waals surface area contributed by atoms with Gasteiger partial charge in [-0.25, -0.2) is 0 Å². The van der Waals surface area contributed by atoms with Crippen LogP contribution in [0.15, 0.2) is 91.0 Å². The Morgan fingerprint density at radius 2 is 1.71 bits per heavy atom. The molecule has 2 N–H and O–H groups in total. The molecule has 4 aromatic carbocycles. The first kappa shape index (κ1) is 26.5. The van der Waals surface area contributed by atoms with E-state index >= 15 is 0 Å². The molecule has 0 spiro atoms. The third-order valence-corrected chi connectivity index (χ3v) is 7.76. The summed E-state index contributed by atoms with van der Waals surface area (Å²) in [7, 11) is 1.64. The monoisotopic (exact) mass is 565 g/mol. The molecule has 2 heterocycles. The van der Waals surface area contributed by atoms with Crippen LogP contribution in [0.25, 0.3) is 11.3 Å². The zero-order chi connectivity index (χ0) is 28.5. The molecule has 0 aliphatic carbocycles. The van der Waals surface area contributed by atoms with E-state index in [4.69, 9.17) is 21.1 Å². The second-order valence-electron chi connectivity index (χ2n) is 9.97. The first-order chi connectivity index (χ1) is 19.9. The van der Waals surface area contributed by atoms with Gasteiger partial charge in [0.15, 0.2) is 0 Å². The SMILES string of the molecule is COc1ccc(CCN2C(=O)c3[nH]nc(-c4cc(Cl)c(C)cc4O)c3C2c2cccc(Oc3ccccc3)c2)cc1. The molecule has 7 nitrogen and oxygen atoms in total. The van der Waals surface area contributed by atoms with Gasteiger partial charge in [0.1, 0.15) is 34.4 Å². The molecule has 6 rings (SSSR count). The first-order valence-electron chi connectivity index (χ1n) is 13.3. The average molecular weight is 566 g/mol. The number of hydrogen-bond acceptors (Lipinski definition) is 5. The number of benzene rings is 4. The van der Waals surface area contributed by atoms with Crippen LogP contribution in [0.5, 0.6) is 23.0 Å². The van der Waals surface area contributed by atoms with Gasteiger partial charge in [-0.15, -0.1) is 0 Å². The van der Waals surface area contributed by atoms with E-state index in [0.717, 1.165) is 22.4 Å². The van der Waals surface area contributed by atoms with Gasteiger partial charge in [-0.2, -0.15) is 5.10 Å². The zero-order valence-corrected chi connectivity index (χ0v) is 23.4. The number of fused-ring (bicyclic) bond motifs is 1. The molecule has 8 heteroatoms. The van der Waals surface area contributed by atoms with Crippen molar-refractivity contribution in [1.29, 1.82) is 0 Å². The van der Waals surface area contributed by atoms with Crippen molar-refractivity contribution in [1.82, 2.24) is 15.1 Å². The number of nitrogens with one attached hydrogen (secondary N) is 1. The van der Waals surface area contributed by atoms with E-state index in [0.29, 0.717) is 52.0 Å². The van der Waals surface area contributed by atoms with Crippen LogP contribution in [-0.2, 0) is 6.42 Å². The number of phenolic OH excluding ortho intramolecular Hbond substituents is 1. The number of halogens is 1. The van der Waals surface area contributed by atoms with Gasteiger partial charge in [-0.3, -0.25) is 9.89 Å². The molecule has 0 saturated carbocycles. The molecular formula is C33H28ClN3O4. The summed E-state index contributed by atoms with van der Waals surface area (Å²) in [6, 6.07) is 27.9. The molecule has 0 bridgehead atoms. The molecule has 5 aromatic rings. The van der Waals surface area contributed by atoms with Crippen molar-refractivity contribution in [3.05, 3.63) is 124 Å². The Hall–Kier alpha value is -4.75. The zero-order valence-electron chi connectivity index (χ0n) is 22.6. The summed E-state index contributed by atoms with van der Waals surface area (Å²) < 4.78 is 11.4. The number of aromatic hydroxyl groups is 1. The number of amides is 1. The highest BCUT2D eigenvalue weighted by Crippen LogP contribution is 2.46. The highest BCUT2D eigenvalue weighted by atomic mass is 35.5. The lowest BCUT2D eigenvalue weighted by atomic mass is 9.95. The maximum absolute atomic E-state index is 13.8. The third-order valence-electron chi connectivity index (χ3n) is 7.35. The quantitative estimate of drug-likeness (QED) is 0.206. The summed E-state index contributed by atoms with van der Waals surface area (Å²) in [5, 5.41) is 18.8. The number of nitrogens with zero attached hydrogens (tertiary/aromatic N) is 2. The Morgan fingerprint density at radius 1 is 0.951 bits per heavy atom. The van der Waals surface area contributed by atoms with Gasteiger partial charge < -0.3 is 19.5 Å². The molecule has 0 radical (unpaired) electrons. The fourth-order valence-electron chi connectivity index (χ4n) is 5.25. The van der Waals surface area contributed by atoms with Crippen LogP contribution < -0.4 is 9.47 Å². The normalized spacial score (nSPS) is 14.3. The number of para-hydroxylation sites is 1. The third kappa shape index (κ3) is 5.12. The number of phenols is 1. The molecule has 1 atom stereocenters. The predicted molar refractivity (Wildman–Crippen MR) is 158 cm³/mol. The Kier molecular flexibility index (Phi) is 7.12. The molecule has 1 aromatic heterocycles. The minimum absolute atomic E-state index is 0.0465. The van der Waals surface area contributed by atoms with Crippen LogP contribution in [0.3, 0.4) is 0 Å². The molecule has 1 aliphatic heterocycles. The van der Waals surface area contributed by atoms with Crippen LogP contribution in [0.2, 0.25) is 5.02 Å². The Bertz CT molecular complexity index is 1720. The molecule has 206 valence electrons. The number of ether oxygens (including phenoxy) is 2. The maximum Gasteiger partial charge on any atom is 0.273 e. The lowest BCUT2D eigenvalue weighted by molar-refractivity contribution is 0.0745. The summed E-state index contributed by atoms with van der Waals surface area (Å²) in [5.41, 5.74) is 4.72. The maximum atomic E-state index is 13.8. The lowest BCUT2D eigenvalue weighted by Crippen LogP contribution is -2.31. The number of aromatic amines is 1. The van der Waals surface area contributed by atoms with Crippen LogP contribution >= 0.6 is 11.6 Å². The fraction of sp³-hybridized carbons (Fsp3) is 0.152. The summed E-state index contributed by atoms with van der Waals surface area (Å²) in [6.45, 7) is 2.29. The van der Waals surface area contributed by atoms with Crippen molar-refractivity contribution in [2.24, 2.45) is 0 Å². The number of methoxy groups -OCH3 is 1. The minimum Gasteiger partial charge on any atom is -0.507 e. The lowest BCUT2D eigenvalue weighted by Gasteiger charge is -2.27. The second kappa shape index (κ2) is 11.0. The largest absolute Gasteiger partial charge is 0.507 e. The van der Waals surface area contributed by atoms with E-state index in [-0.39, 0.29) is 11.7 Å². The minimum atomic E-state index is -0.469. The fourth-order valence-corrected chi connectivity index (χ4v) is 5.41. The number of rotatable bonds is 8. The Labute approximate surface area is 242 Å². The van der Waals surface area contributed by atoms with Crippen molar-refractivity contribution in [3.8, 4) is 34.3 Å². The van der Waals surface area contributed by atoms with Crippen molar-refractivity contribution in [2.45, 2.75) is 19.4 Å². The van der Waals surface area contributed by atoms with Gasteiger partial charge in [0, 0.05) is 22.7 Å². The molecule has 1 unspecified atom stereocenters. The molecule has 0 saturated heterocycles. The first-order valence-corrected chi connectivity index (χ1v) is 13.6. The smallest absolute Gasteiger partial charge is 0.273 e. The summed E-state index contributed by atoms with van der Waals surface area (Å²) in [5.74, 6) is 2.03. The number of H-pyrrole nitrogens is 1. The number of aromatic nitrogens is 2. The summed E-state index contributed by atoms with van der Waals surface area (Å²) in [6.07, 6.45) is 0.640. The van der Waals surface area contributed by atoms with Crippen molar-refractivity contribution < 1.29 is 19.4 Å². The molecule has 1 amide bonds. The van der Waals surface area contributed by atoms with E-state index in [2.05, 4.69) is 10.2 Å². The van der Waals surface area contributed by atoms with Crippen LogP contribution in [0.4, 0.5) is 0 Å². The molecular weight excluding hydrogens is 538 g/mol. The average Bonchev–Trinajstić information content (AvgIpc) is 3.53. The Morgan fingerprint density at radius 3 is 2.46 bits per heavy atom. The van der Waals surface area contributed by atoms with Crippen molar-refractivity contribution in [3.63, 3.8) is 0 Å². The van der Waals surface area contributed by atoms with E-state index < -0.39 is 6.04 Å². The number of aryl methyl sites for hydroxylation is 1. The summed E-state index contributed by atoms with van der Waals surface area (Å²) in [4.78, 5) is 15.7. The standard InChI is InChI=1S/C33H28ClN3O4/c1-20-17-28(38)26(19-27(20)34)30-29-31(36-35-30)33(39)37(16-15-21-11-13-23(40-2)14-12-21)32(29)22-7-6-10-25(18-22)41-24-8-4-3-5-9-24/h3-14,17-19,32,38H,15-16H2,1-2H3,(H,35,36). The number of carbonyl (C=O) groups excluding carboxylic acids is 1. The topological polar surface area (TPSA) is 87.7 Å². The van der Waals surface area contributed by atoms with Crippen LogP contribution in [0.1, 0.15) is 38.8 Å². The van der Waals surface area contributed by atoms with Gasteiger partial charge >= 0.3 is 0 Å². The van der Waals surface area contributed by atoms with E-state index in [1.165, 1.54) is 0 Å². The number of hydrogen-bond donors (Lipinski definition) is 2. The van der Waals surface area contributed by atoms with Crippen LogP contribution in [-0.4, -0.2) is 39.8 Å². The molecule has 0 fully saturated rings. The van der Waals surface area contributed by atoms with E-state index in [1.807, 2.05) is 90.7 Å². The highest BCUT2D eigenvalue weighted by Gasteiger charge is 2.42. The van der Waals surface area contributed by atoms with Crippen molar-refractivity contribution in [2.75, 3.05) is 13.7 Å². The predicted octanol–water partition coefficient (Wildman–Crippen LogP) is 7.33. The van der Waals surface area contributed by atoms with Gasteiger partial charge in [0.2, 0.25) is 0 Å². The van der Waals surface area contributed by atoms with Gasteiger partial charge in [0.25, 0.3) is 5.91 Å². The Balaban J connectivity index is 1.42. The van der Waals surface area contributed by atoms with E-state index in [9.17, 15) is 9.90 Å². The van der Waals surface area contributed by atoms with Gasteiger partial charge in [-0.05, 0) is 78.6 Å². The van der Waals surface area contributed by atoms with Gasteiger partial charge in [-0.1, -0.05) is 54.1 Å². The summed E-state index contributed by atoms with van der Waals surface area (Å²) >= 11 is 6.45. The van der Waals surface area contributed by atoms with Crippen LogP contribution in [0, 0.1) is 6.92 Å². The number of carbonyl (C=O) groups is 1. The highest BCUT2D eigenvalue weighted by molar-refractivity contribution is 6.31. The van der Waals surface area contributed by atoms with E-state index in [1.54, 1.807) is 19.2 Å².